The van der Waals surface area contributed by atoms with Crippen molar-refractivity contribution in [1.82, 2.24) is 10.3 Å². The van der Waals surface area contributed by atoms with Crippen LogP contribution in [0.4, 0.5) is 0 Å². The fourth-order valence-electron chi connectivity index (χ4n) is 3.55. The van der Waals surface area contributed by atoms with Crippen molar-refractivity contribution in [3.63, 3.8) is 0 Å². The van der Waals surface area contributed by atoms with Crippen LogP contribution in [0.1, 0.15) is 37.7 Å². The number of para-hydroxylation sites is 1. The number of hydrogen-bond donors (Lipinski definition) is 1. The van der Waals surface area contributed by atoms with E-state index in [0.29, 0.717) is 6.04 Å². The highest BCUT2D eigenvalue weighted by atomic mass is 14.9. The molecule has 0 aliphatic heterocycles. The molecule has 106 valence electrons. The van der Waals surface area contributed by atoms with E-state index in [-0.39, 0.29) is 0 Å². The van der Waals surface area contributed by atoms with Gasteiger partial charge in [0, 0.05) is 17.6 Å². The Morgan fingerprint density at radius 1 is 1.15 bits per heavy atom. The van der Waals surface area contributed by atoms with Crippen molar-refractivity contribution in [2.75, 3.05) is 7.05 Å². The number of benzene rings is 1. The van der Waals surface area contributed by atoms with Crippen molar-refractivity contribution < 1.29 is 0 Å². The van der Waals surface area contributed by atoms with Gasteiger partial charge in [-0.1, -0.05) is 37.5 Å². The molecule has 1 saturated carbocycles. The van der Waals surface area contributed by atoms with Gasteiger partial charge in [0.2, 0.25) is 0 Å². The predicted molar refractivity (Wildman–Crippen MR) is 84.9 cm³/mol. The second kappa shape index (κ2) is 6.36. The van der Waals surface area contributed by atoms with E-state index in [9.17, 15) is 0 Å². The predicted octanol–water partition coefficient (Wildman–Crippen LogP) is 3.95. The Labute approximate surface area is 121 Å². The number of nitrogens with one attached hydrogen (secondary N) is 1. The molecule has 1 aliphatic rings. The molecule has 1 aromatic heterocycles. The van der Waals surface area contributed by atoms with Crippen molar-refractivity contribution in [2.45, 2.75) is 44.6 Å². The van der Waals surface area contributed by atoms with Gasteiger partial charge >= 0.3 is 0 Å². The monoisotopic (exact) mass is 268 g/mol. The molecule has 0 saturated heterocycles. The Balaban J connectivity index is 1.81. The summed E-state index contributed by atoms with van der Waals surface area (Å²) in [5.41, 5.74) is 2.60. The van der Waals surface area contributed by atoms with Crippen LogP contribution in [0.25, 0.3) is 10.9 Å². The molecule has 0 radical (unpaired) electrons. The summed E-state index contributed by atoms with van der Waals surface area (Å²) >= 11 is 0. The van der Waals surface area contributed by atoms with E-state index in [1.807, 2.05) is 6.20 Å². The largest absolute Gasteiger partial charge is 0.317 e. The normalized spacial score (nSPS) is 23.6. The van der Waals surface area contributed by atoms with Gasteiger partial charge in [0.15, 0.2) is 0 Å². The molecule has 2 unspecified atom stereocenters. The van der Waals surface area contributed by atoms with E-state index in [0.717, 1.165) is 11.4 Å². The number of nitrogens with zero attached hydrogens (tertiary/aromatic N) is 1. The third-order valence-corrected chi connectivity index (χ3v) is 4.69. The summed E-state index contributed by atoms with van der Waals surface area (Å²) in [6.45, 7) is 0. The Kier molecular flexibility index (Phi) is 4.31. The van der Waals surface area contributed by atoms with Gasteiger partial charge < -0.3 is 5.32 Å². The maximum absolute atomic E-state index is 4.47. The van der Waals surface area contributed by atoms with E-state index in [1.165, 1.54) is 49.5 Å². The fourth-order valence-corrected chi connectivity index (χ4v) is 3.55. The second-order valence-corrected chi connectivity index (χ2v) is 6.06. The quantitative estimate of drug-likeness (QED) is 0.853. The minimum absolute atomic E-state index is 0.704. The molecule has 1 fully saturated rings. The van der Waals surface area contributed by atoms with Crippen molar-refractivity contribution in [3.8, 4) is 0 Å². The zero-order chi connectivity index (χ0) is 13.8. The first-order valence-corrected chi connectivity index (χ1v) is 7.86. The highest BCUT2D eigenvalue weighted by Crippen LogP contribution is 2.28. The molecule has 2 nitrogen and oxygen atoms in total. The van der Waals surface area contributed by atoms with Crippen LogP contribution in [0.15, 0.2) is 36.5 Å². The highest BCUT2D eigenvalue weighted by Gasteiger charge is 2.19. The Morgan fingerprint density at radius 3 is 2.90 bits per heavy atom. The van der Waals surface area contributed by atoms with Gasteiger partial charge in [-0.25, -0.2) is 0 Å². The second-order valence-electron chi connectivity index (χ2n) is 6.06. The summed E-state index contributed by atoms with van der Waals surface area (Å²) in [7, 11) is 2.11. The average molecular weight is 268 g/mol. The van der Waals surface area contributed by atoms with Gasteiger partial charge in [0.1, 0.15) is 0 Å². The van der Waals surface area contributed by atoms with Crippen LogP contribution in [-0.2, 0) is 6.42 Å². The SMILES string of the molecule is CNC1CCCCC(Cc2ccnc3ccccc23)C1. The Morgan fingerprint density at radius 2 is 2.00 bits per heavy atom. The summed E-state index contributed by atoms with van der Waals surface area (Å²) in [5.74, 6) is 0.806. The zero-order valence-corrected chi connectivity index (χ0v) is 12.3. The van der Waals surface area contributed by atoms with Crippen LogP contribution >= 0.6 is 0 Å². The third-order valence-electron chi connectivity index (χ3n) is 4.69. The summed E-state index contributed by atoms with van der Waals surface area (Å²) in [4.78, 5) is 4.47. The molecule has 2 atom stereocenters. The Bertz CT molecular complexity index is 559. The first kappa shape index (κ1) is 13.6. The maximum Gasteiger partial charge on any atom is 0.0704 e. The molecule has 2 heteroatoms. The van der Waals surface area contributed by atoms with Crippen LogP contribution in [0, 0.1) is 5.92 Å². The summed E-state index contributed by atoms with van der Waals surface area (Å²) in [5, 5.41) is 4.82. The number of aromatic nitrogens is 1. The molecule has 1 N–H and O–H groups in total. The first-order chi connectivity index (χ1) is 9.86. The van der Waals surface area contributed by atoms with Gasteiger partial charge in [-0.2, -0.15) is 0 Å². The molecule has 1 aromatic carbocycles. The number of pyridine rings is 1. The molecule has 2 aromatic rings. The van der Waals surface area contributed by atoms with E-state index >= 15 is 0 Å². The van der Waals surface area contributed by atoms with Crippen molar-refractivity contribution in [2.24, 2.45) is 5.92 Å². The average Bonchev–Trinajstić information content (AvgIpc) is 2.73. The summed E-state index contributed by atoms with van der Waals surface area (Å²) in [6.07, 6.45) is 9.93. The zero-order valence-electron chi connectivity index (χ0n) is 12.3. The summed E-state index contributed by atoms with van der Waals surface area (Å²) in [6, 6.07) is 11.4. The molecule has 1 heterocycles. The van der Waals surface area contributed by atoms with Gasteiger partial charge in [0.25, 0.3) is 0 Å². The lowest BCUT2D eigenvalue weighted by Crippen LogP contribution is -2.26. The standard InChI is InChI=1S/C18H24N2/c1-19-16-7-3-2-6-14(13-16)12-15-10-11-20-18-9-5-4-8-17(15)18/h4-5,8-11,14,16,19H,2-3,6-7,12-13H2,1H3. The van der Waals surface area contributed by atoms with E-state index < -0.39 is 0 Å². The molecule has 0 amide bonds. The van der Waals surface area contributed by atoms with Gasteiger partial charge in [-0.3, -0.25) is 4.98 Å². The lowest BCUT2D eigenvalue weighted by atomic mass is 9.90. The third kappa shape index (κ3) is 3.01. The van der Waals surface area contributed by atoms with Gasteiger partial charge in [0.05, 0.1) is 5.52 Å². The number of hydrogen-bond acceptors (Lipinski definition) is 2. The molecular formula is C18H24N2. The molecular weight excluding hydrogens is 244 g/mol. The minimum Gasteiger partial charge on any atom is -0.317 e. The van der Waals surface area contributed by atoms with E-state index in [1.54, 1.807) is 0 Å². The molecule has 0 spiro atoms. The highest BCUT2D eigenvalue weighted by molar-refractivity contribution is 5.81. The summed E-state index contributed by atoms with van der Waals surface area (Å²) < 4.78 is 0. The van der Waals surface area contributed by atoms with Crippen LogP contribution in [0.3, 0.4) is 0 Å². The van der Waals surface area contributed by atoms with Crippen molar-refractivity contribution in [3.05, 3.63) is 42.1 Å². The first-order valence-electron chi connectivity index (χ1n) is 7.86. The van der Waals surface area contributed by atoms with Gasteiger partial charge in [-0.05, 0) is 49.9 Å². The van der Waals surface area contributed by atoms with Crippen LogP contribution in [0.5, 0.6) is 0 Å². The number of fused-ring (bicyclic) bond motifs is 1. The fraction of sp³-hybridized carbons (Fsp3) is 0.500. The number of rotatable bonds is 3. The Hall–Kier alpha value is -1.41. The molecule has 1 aliphatic carbocycles. The molecule has 20 heavy (non-hydrogen) atoms. The minimum atomic E-state index is 0.704. The van der Waals surface area contributed by atoms with Gasteiger partial charge in [-0.15, -0.1) is 0 Å². The van der Waals surface area contributed by atoms with Crippen LogP contribution < -0.4 is 5.32 Å². The van der Waals surface area contributed by atoms with Crippen molar-refractivity contribution >= 4 is 10.9 Å². The lowest BCUT2D eigenvalue weighted by molar-refractivity contribution is 0.401. The maximum atomic E-state index is 4.47. The topological polar surface area (TPSA) is 24.9 Å². The molecule has 3 rings (SSSR count). The van der Waals surface area contributed by atoms with Crippen LogP contribution in [-0.4, -0.2) is 18.1 Å². The molecule has 0 bridgehead atoms. The lowest BCUT2D eigenvalue weighted by Gasteiger charge is -2.20. The van der Waals surface area contributed by atoms with Crippen LogP contribution in [0.2, 0.25) is 0 Å². The van der Waals surface area contributed by atoms with Crippen molar-refractivity contribution in [1.29, 1.82) is 0 Å². The van der Waals surface area contributed by atoms with E-state index in [2.05, 4.69) is 47.7 Å². The van der Waals surface area contributed by atoms with E-state index in [4.69, 9.17) is 0 Å². The smallest absolute Gasteiger partial charge is 0.0704 e.